The molecule has 0 spiro atoms. The van der Waals surface area contributed by atoms with E-state index in [0.717, 1.165) is 19.9 Å². The summed E-state index contributed by atoms with van der Waals surface area (Å²) in [7, 11) is 1.21. The van der Waals surface area contributed by atoms with Crippen molar-refractivity contribution in [3.05, 3.63) is 107 Å². The number of sulfonamides is 1. The zero-order chi connectivity index (χ0) is 36.3. The van der Waals surface area contributed by atoms with E-state index in [2.05, 4.69) is 21.2 Å². The van der Waals surface area contributed by atoms with Gasteiger partial charge in [-0.3, -0.25) is 13.9 Å². The number of benzene rings is 4. The fourth-order valence-corrected chi connectivity index (χ4v) is 7.01. The number of rotatable bonds is 17. The predicted molar refractivity (Wildman–Crippen MR) is 196 cm³/mol. The van der Waals surface area contributed by atoms with Crippen LogP contribution < -0.4 is 28.6 Å². The van der Waals surface area contributed by atoms with E-state index in [-0.39, 0.29) is 41.0 Å². The van der Waals surface area contributed by atoms with Crippen molar-refractivity contribution in [2.45, 2.75) is 37.2 Å². The summed E-state index contributed by atoms with van der Waals surface area (Å²) >= 11 is 3.46. The average molecular weight is 769 g/mol. The molecule has 4 rings (SSSR count). The first-order valence-electron chi connectivity index (χ1n) is 15.9. The van der Waals surface area contributed by atoms with Crippen molar-refractivity contribution < 1.29 is 37.0 Å². The highest BCUT2D eigenvalue weighted by molar-refractivity contribution is 9.10. The molecule has 0 saturated carbocycles. The quantitative estimate of drug-likeness (QED) is 0.142. The molecule has 1 atom stereocenters. The number of nitrogens with one attached hydrogen (secondary N) is 1. The molecule has 0 aliphatic rings. The fourth-order valence-electron chi connectivity index (χ4n) is 5.32. The predicted octanol–water partition coefficient (Wildman–Crippen LogP) is 5.85. The Bertz CT molecular complexity index is 1860. The Morgan fingerprint density at radius 1 is 0.780 bits per heavy atom. The molecule has 2 amide bonds. The van der Waals surface area contributed by atoms with Crippen molar-refractivity contribution >= 4 is 43.5 Å². The first kappa shape index (κ1) is 38.1. The number of ether oxygens (including phenoxy) is 4. The number of carbonyl (C=O) groups excluding carboxylic acids is 2. The summed E-state index contributed by atoms with van der Waals surface area (Å²) in [6.07, 6.45) is 0.890. The number of nitrogens with zero attached hydrogens (tertiary/aromatic N) is 2. The van der Waals surface area contributed by atoms with Crippen molar-refractivity contribution in [1.29, 1.82) is 0 Å². The third kappa shape index (κ3) is 9.27. The highest BCUT2D eigenvalue weighted by Crippen LogP contribution is 2.38. The van der Waals surface area contributed by atoms with Crippen molar-refractivity contribution in [3.63, 3.8) is 0 Å². The highest BCUT2D eigenvalue weighted by Gasteiger charge is 2.36. The minimum absolute atomic E-state index is 0.0304. The molecule has 266 valence electrons. The van der Waals surface area contributed by atoms with Gasteiger partial charge in [0.2, 0.25) is 11.8 Å². The zero-order valence-electron chi connectivity index (χ0n) is 28.7. The molecule has 0 bridgehead atoms. The maximum absolute atomic E-state index is 14.8. The van der Waals surface area contributed by atoms with Crippen molar-refractivity contribution in [1.82, 2.24) is 10.2 Å². The molecule has 0 unspecified atom stereocenters. The Morgan fingerprint density at radius 2 is 1.44 bits per heavy atom. The summed E-state index contributed by atoms with van der Waals surface area (Å²) in [5.74, 6) is 0.0706. The van der Waals surface area contributed by atoms with Gasteiger partial charge in [-0.2, -0.15) is 0 Å². The van der Waals surface area contributed by atoms with Crippen LogP contribution in [-0.2, 0) is 32.6 Å². The normalized spacial score (nSPS) is 11.6. The first-order chi connectivity index (χ1) is 24.1. The van der Waals surface area contributed by atoms with Gasteiger partial charge in [0, 0.05) is 36.1 Å². The maximum atomic E-state index is 14.8. The molecule has 4 aromatic carbocycles. The molecule has 1 N–H and O–H groups in total. The van der Waals surface area contributed by atoms with Gasteiger partial charge in [-0.1, -0.05) is 65.3 Å². The van der Waals surface area contributed by atoms with E-state index < -0.39 is 28.5 Å². The number of halogens is 1. The Labute approximate surface area is 302 Å². The van der Waals surface area contributed by atoms with E-state index in [1.807, 2.05) is 61.5 Å². The number of hydrogen-bond acceptors (Lipinski definition) is 8. The summed E-state index contributed by atoms with van der Waals surface area (Å²) in [4.78, 5) is 29.9. The molecule has 11 nitrogen and oxygen atoms in total. The molecule has 13 heteroatoms. The van der Waals surface area contributed by atoms with Crippen LogP contribution in [0.1, 0.15) is 24.5 Å². The van der Waals surface area contributed by atoms with Gasteiger partial charge >= 0.3 is 0 Å². The summed E-state index contributed by atoms with van der Waals surface area (Å²) in [5, 5.41) is 2.95. The zero-order valence-corrected chi connectivity index (χ0v) is 31.1. The summed E-state index contributed by atoms with van der Waals surface area (Å²) in [6.45, 7) is 1.70. The van der Waals surface area contributed by atoms with Crippen LogP contribution in [0, 0.1) is 0 Å². The van der Waals surface area contributed by atoms with Gasteiger partial charge in [0.15, 0.2) is 11.5 Å². The summed E-state index contributed by atoms with van der Waals surface area (Å²) in [6, 6.07) is 24.6. The van der Waals surface area contributed by atoms with Crippen LogP contribution in [0.15, 0.2) is 100 Å². The summed E-state index contributed by atoms with van der Waals surface area (Å²) in [5.41, 5.74) is 1.65. The monoisotopic (exact) mass is 767 g/mol. The lowest BCUT2D eigenvalue weighted by Crippen LogP contribution is -2.53. The molecule has 0 saturated heterocycles. The van der Waals surface area contributed by atoms with Crippen molar-refractivity contribution in [3.8, 4) is 23.0 Å². The van der Waals surface area contributed by atoms with Crippen LogP contribution in [0.25, 0.3) is 0 Å². The van der Waals surface area contributed by atoms with Gasteiger partial charge in [0.1, 0.15) is 24.1 Å². The topological polar surface area (TPSA) is 124 Å². The van der Waals surface area contributed by atoms with Crippen LogP contribution in [-0.4, -0.2) is 72.7 Å². The number of amides is 2. The van der Waals surface area contributed by atoms with E-state index in [9.17, 15) is 18.0 Å². The minimum atomic E-state index is -4.49. The fraction of sp³-hybridized carbons (Fsp3) is 0.297. The van der Waals surface area contributed by atoms with Gasteiger partial charge in [0.05, 0.1) is 39.0 Å². The van der Waals surface area contributed by atoms with Crippen LogP contribution >= 0.6 is 15.9 Å². The molecular formula is C37H42BrN3O8S. The minimum Gasteiger partial charge on any atom is -0.497 e. The Morgan fingerprint density at radius 3 is 2.06 bits per heavy atom. The summed E-state index contributed by atoms with van der Waals surface area (Å²) < 4.78 is 52.9. The Balaban J connectivity index is 1.89. The smallest absolute Gasteiger partial charge is 0.265 e. The van der Waals surface area contributed by atoms with Crippen LogP contribution in [0.5, 0.6) is 23.0 Å². The first-order valence-corrected chi connectivity index (χ1v) is 18.1. The third-order valence-corrected chi connectivity index (χ3v) is 10.2. The van der Waals surface area contributed by atoms with Crippen LogP contribution in [0.2, 0.25) is 0 Å². The lowest BCUT2D eigenvalue weighted by molar-refractivity contribution is -0.140. The van der Waals surface area contributed by atoms with Gasteiger partial charge < -0.3 is 29.2 Å². The van der Waals surface area contributed by atoms with Crippen LogP contribution in [0.4, 0.5) is 5.69 Å². The number of anilines is 1. The van der Waals surface area contributed by atoms with Crippen molar-refractivity contribution in [2.75, 3.05) is 45.8 Å². The van der Waals surface area contributed by atoms with E-state index >= 15 is 0 Å². The molecule has 0 aromatic heterocycles. The maximum Gasteiger partial charge on any atom is 0.265 e. The molecule has 50 heavy (non-hydrogen) atoms. The van der Waals surface area contributed by atoms with Gasteiger partial charge in [-0.25, -0.2) is 8.42 Å². The molecule has 4 aromatic rings. The van der Waals surface area contributed by atoms with Gasteiger partial charge in [-0.15, -0.1) is 0 Å². The van der Waals surface area contributed by atoms with E-state index in [4.69, 9.17) is 18.9 Å². The Kier molecular flexibility index (Phi) is 13.5. The molecule has 0 aliphatic heterocycles. The van der Waals surface area contributed by atoms with Gasteiger partial charge in [-0.05, 0) is 53.9 Å². The number of methoxy groups -OCH3 is 4. The second-order valence-electron chi connectivity index (χ2n) is 11.2. The largest absolute Gasteiger partial charge is 0.497 e. The molecule has 0 fully saturated rings. The molecule has 0 heterocycles. The third-order valence-electron chi connectivity index (χ3n) is 7.96. The van der Waals surface area contributed by atoms with E-state index in [0.29, 0.717) is 24.5 Å². The molecular weight excluding hydrogens is 726 g/mol. The standard InChI is InChI=1S/C37H42BrN3O8S/c1-6-20-39-37(43)32(21-26-10-8-7-9-11-26)40(24-27-12-14-28(38)15-13-27)36(42)25-41(31-22-29(46-2)16-18-33(31)47-3)50(44,45)30-17-19-34(48-4)35(23-30)49-5/h7-19,22-23,32H,6,20-21,24-25H2,1-5H3,(H,39,43)/t32-/m0/s1. The SMILES string of the molecule is CCCNC(=O)[C@H](Cc1ccccc1)N(Cc1ccc(Br)cc1)C(=O)CN(c1cc(OC)ccc1OC)S(=O)(=O)c1ccc(OC)c(OC)c1. The second kappa shape index (κ2) is 17.8. The average Bonchev–Trinajstić information content (AvgIpc) is 3.14. The lowest BCUT2D eigenvalue weighted by atomic mass is 10.0. The number of hydrogen-bond donors (Lipinski definition) is 1. The van der Waals surface area contributed by atoms with E-state index in [1.165, 1.54) is 57.6 Å². The number of carbonyl (C=O) groups is 2. The Hall–Kier alpha value is -4.75. The molecule has 0 radical (unpaired) electrons. The lowest BCUT2D eigenvalue weighted by Gasteiger charge is -2.34. The molecule has 0 aliphatic carbocycles. The van der Waals surface area contributed by atoms with Gasteiger partial charge in [0.25, 0.3) is 10.0 Å². The highest BCUT2D eigenvalue weighted by atomic mass is 79.9. The van der Waals surface area contributed by atoms with Crippen LogP contribution in [0.3, 0.4) is 0 Å². The van der Waals surface area contributed by atoms with E-state index in [1.54, 1.807) is 12.1 Å². The second-order valence-corrected chi connectivity index (χ2v) is 14.0. The van der Waals surface area contributed by atoms with Crippen molar-refractivity contribution in [2.24, 2.45) is 0 Å².